The second-order valence-electron chi connectivity index (χ2n) is 9.02. The van der Waals surface area contributed by atoms with Gasteiger partial charge in [0.05, 0.1) is 24.7 Å². The van der Waals surface area contributed by atoms with Crippen LogP contribution >= 0.6 is 11.8 Å². The SMILES string of the molecule is CC1C(OC(F)F)=C(c2nn([C@H]3CCOC3=O)cc2NC(=O)c2cnn3cccnc23)C=C2SCCNC21. The lowest BCUT2D eigenvalue weighted by molar-refractivity contribution is -0.140. The molecule has 2 aliphatic heterocycles. The van der Waals surface area contributed by atoms with Gasteiger partial charge in [-0.05, 0) is 12.1 Å². The molecule has 6 rings (SSSR count). The zero-order chi connectivity index (χ0) is 26.4. The molecular weight excluding hydrogens is 520 g/mol. The number of amides is 1. The average Bonchev–Trinajstić information content (AvgIpc) is 3.63. The van der Waals surface area contributed by atoms with Crippen LogP contribution in [0.15, 0.2) is 47.6 Å². The summed E-state index contributed by atoms with van der Waals surface area (Å²) in [5.74, 6) is -0.532. The lowest BCUT2D eigenvalue weighted by atomic mass is 9.88. The van der Waals surface area contributed by atoms with Gasteiger partial charge in [0.2, 0.25) is 0 Å². The number of carbonyl (C=O) groups is 2. The van der Waals surface area contributed by atoms with Crippen molar-refractivity contribution in [2.45, 2.75) is 32.0 Å². The smallest absolute Gasteiger partial charge is 0.387 e. The van der Waals surface area contributed by atoms with Gasteiger partial charge >= 0.3 is 12.6 Å². The number of cyclic esters (lactones) is 1. The van der Waals surface area contributed by atoms with Gasteiger partial charge in [0.25, 0.3) is 5.91 Å². The minimum absolute atomic E-state index is 0.0520. The van der Waals surface area contributed by atoms with Gasteiger partial charge in [-0.1, -0.05) is 6.92 Å². The molecule has 3 atom stereocenters. The number of ether oxygens (including phenoxy) is 2. The summed E-state index contributed by atoms with van der Waals surface area (Å²) in [6.07, 6.45) is 8.27. The fourth-order valence-electron chi connectivity index (χ4n) is 4.93. The Labute approximate surface area is 219 Å². The van der Waals surface area contributed by atoms with Crippen LogP contribution < -0.4 is 10.6 Å². The summed E-state index contributed by atoms with van der Waals surface area (Å²) in [4.78, 5) is 30.8. The van der Waals surface area contributed by atoms with Crippen molar-refractivity contribution in [1.29, 1.82) is 0 Å². The van der Waals surface area contributed by atoms with Crippen molar-refractivity contribution in [1.82, 2.24) is 29.7 Å². The summed E-state index contributed by atoms with van der Waals surface area (Å²) in [6.45, 7) is -0.268. The van der Waals surface area contributed by atoms with Gasteiger partial charge in [-0.2, -0.15) is 19.0 Å². The first kappa shape index (κ1) is 24.6. The minimum atomic E-state index is -3.05. The maximum Gasteiger partial charge on any atom is 0.387 e. The van der Waals surface area contributed by atoms with E-state index in [1.54, 1.807) is 36.3 Å². The molecule has 2 unspecified atom stereocenters. The van der Waals surface area contributed by atoms with E-state index in [9.17, 15) is 18.4 Å². The highest BCUT2D eigenvalue weighted by Gasteiger charge is 2.38. The molecule has 0 spiro atoms. The standard InChI is InChI=1S/C24H23F2N7O4S/c1-12-18-17(38-8-5-27-18)9-13(20(12)37-24(25)26)19-15(11-33(31-19)16-3-7-36-23(16)35)30-22(34)14-10-29-32-6-2-4-28-21(14)32/h2,4,6,9-12,16,18,24,27H,3,5,7-8H2,1H3,(H,30,34)/t12?,16-,18?/m0/s1. The Morgan fingerprint density at radius 3 is 3.05 bits per heavy atom. The number of nitrogens with one attached hydrogen (secondary N) is 2. The number of halogens is 2. The first-order valence-corrected chi connectivity index (χ1v) is 13.0. The first-order chi connectivity index (χ1) is 18.4. The number of rotatable bonds is 6. The summed E-state index contributed by atoms with van der Waals surface area (Å²) in [5, 5.41) is 14.9. The number of aromatic nitrogens is 5. The van der Waals surface area contributed by atoms with E-state index in [0.717, 1.165) is 17.2 Å². The molecule has 0 aromatic carbocycles. The van der Waals surface area contributed by atoms with E-state index in [1.807, 2.05) is 6.92 Å². The minimum Gasteiger partial charge on any atom is -0.464 e. The Kier molecular flexibility index (Phi) is 6.35. The predicted octanol–water partition coefficient (Wildman–Crippen LogP) is 2.86. The molecule has 14 heteroatoms. The Hall–Kier alpha value is -3.78. The van der Waals surface area contributed by atoms with Crippen molar-refractivity contribution in [3.8, 4) is 0 Å². The van der Waals surface area contributed by atoms with Crippen LogP contribution in [0.2, 0.25) is 0 Å². The van der Waals surface area contributed by atoms with Crippen molar-refractivity contribution in [2.75, 3.05) is 24.2 Å². The quantitative estimate of drug-likeness (QED) is 0.452. The van der Waals surface area contributed by atoms with E-state index in [4.69, 9.17) is 9.47 Å². The number of hydrogen-bond donors (Lipinski definition) is 2. The highest BCUT2D eigenvalue weighted by atomic mass is 32.2. The van der Waals surface area contributed by atoms with Crippen molar-refractivity contribution >= 4 is 40.5 Å². The predicted molar refractivity (Wildman–Crippen MR) is 133 cm³/mol. The number of hydrogen-bond acceptors (Lipinski definition) is 9. The van der Waals surface area contributed by atoms with Crippen LogP contribution in [0.3, 0.4) is 0 Å². The summed E-state index contributed by atoms with van der Waals surface area (Å²) in [6, 6.07) is 0.802. The van der Waals surface area contributed by atoms with Crippen LogP contribution in [-0.4, -0.2) is 67.8 Å². The van der Waals surface area contributed by atoms with Crippen molar-refractivity contribution in [3.63, 3.8) is 0 Å². The van der Waals surface area contributed by atoms with E-state index >= 15 is 0 Å². The second-order valence-corrected chi connectivity index (χ2v) is 10.2. The molecular formula is C24H23F2N7O4S. The monoisotopic (exact) mass is 543 g/mol. The lowest BCUT2D eigenvalue weighted by Crippen LogP contribution is -2.43. The fourth-order valence-corrected chi connectivity index (χ4v) is 6.06. The third-order valence-corrected chi connectivity index (χ3v) is 7.82. The van der Waals surface area contributed by atoms with E-state index in [0.29, 0.717) is 17.6 Å². The first-order valence-electron chi connectivity index (χ1n) is 12.0. The van der Waals surface area contributed by atoms with Gasteiger partial charge < -0.3 is 20.1 Å². The van der Waals surface area contributed by atoms with E-state index < -0.39 is 30.4 Å². The van der Waals surface area contributed by atoms with Gasteiger partial charge in [-0.3, -0.25) is 9.48 Å². The van der Waals surface area contributed by atoms with E-state index in [-0.39, 0.29) is 35.4 Å². The molecule has 2 N–H and O–H groups in total. The number of nitrogens with zero attached hydrogens (tertiary/aromatic N) is 5. The summed E-state index contributed by atoms with van der Waals surface area (Å²) in [7, 11) is 0. The molecule has 0 bridgehead atoms. The highest BCUT2D eigenvalue weighted by Crippen LogP contribution is 2.43. The number of fused-ring (bicyclic) bond motifs is 2. The third kappa shape index (κ3) is 4.32. The van der Waals surface area contributed by atoms with Gasteiger partial charge in [0.1, 0.15) is 17.0 Å². The van der Waals surface area contributed by atoms with Crippen molar-refractivity contribution < 1.29 is 27.8 Å². The number of alkyl halides is 2. The Balaban J connectivity index is 1.46. The van der Waals surface area contributed by atoms with Crippen LogP contribution in [0, 0.1) is 5.92 Å². The van der Waals surface area contributed by atoms with Crippen LogP contribution in [0.25, 0.3) is 11.2 Å². The molecule has 1 aliphatic carbocycles. The molecule has 5 heterocycles. The van der Waals surface area contributed by atoms with E-state index in [2.05, 4.69) is 25.8 Å². The normalized spacial score (nSPS) is 23.4. The Morgan fingerprint density at radius 1 is 1.39 bits per heavy atom. The topological polar surface area (TPSA) is 125 Å². The van der Waals surface area contributed by atoms with Crippen LogP contribution in [-0.2, 0) is 14.3 Å². The summed E-state index contributed by atoms with van der Waals surface area (Å²) < 4.78 is 40.2. The molecule has 198 valence electrons. The van der Waals surface area contributed by atoms with Gasteiger partial charge in [0, 0.05) is 53.6 Å². The second kappa shape index (κ2) is 9.83. The fraction of sp³-hybridized carbons (Fsp3) is 0.375. The maximum atomic E-state index is 13.6. The van der Waals surface area contributed by atoms with Crippen molar-refractivity contribution in [3.05, 3.63) is 58.9 Å². The van der Waals surface area contributed by atoms with Crippen molar-refractivity contribution in [2.24, 2.45) is 5.92 Å². The molecule has 3 aromatic heterocycles. The molecule has 3 aromatic rings. The molecule has 11 nitrogen and oxygen atoms in total. The molecule has 2 fully saturated rings. The summed E-state index contributed by atoms with van der Waals surface area (Å²) >= 11 is 1.63. The Morgan fingerprint density at radius 2 is 2.26 bits per heavy atom. The number of allylic oxidation sites excluding steroid dienone is 2. The largest absolute Gasteiger partial charge is 0.464 e. The van der Waals surface area contributed by atoms with Gasteiger partial charge in [-0.15, -0.1) is 11.8 Å². The van der Waals surface area contributed by atoms with Gasteiger partial charge in [-0.25, -0.2) is 14.3 Å². The zero-order valence-corrected chi connectivity index (χ0v) is 21.0. The number of carbonyl (C=O) groups excluding carboxylic acids is 2. The van der Waals surface area contributed by atoms with E-state index in [1.165, 1.54) is 21.6 Å². The summed E-state index contributed by atoms with van der Waals surface area (Å²) in [5.41, 5.74) is 1.32. The number of anilines is 1. The van der Waals surface area contributed by atoms with Gasteiger partial charge in [0.15, 0.2) is 11.7 Å². The van der Waals surface area contributed by atoms with Crippen LogP contribution in [0.5, 0.6) is 0 Å². The highest BCUT2D eigenvalue weighted by molar-refractivity contribution is 8.03. The molecule has 2 saturated heterocycles. The number of esters is 1. The zero-order valence-electron chi connectivity index (χ0n) is 20.1. The number of thioether (sulfide) groups is 1. The molecule has 1 amide bonds. The lowest BCUT2D eigenvalue weighted by Gasteiger charge is -2.36. The Bertz CT molecular complexity index is 1480. The molecule has 3 aliphatic rings. The molecule has 0 radical (unpaired) electrons. The van der Waals surface area contributed by atoms with Crippen LogP contribution in [0.4, 0.5) is 14.5 Å². The third-order valence-electron chi connectivity index (χ3n) is 6.71. The van der Waals surface area contributed by atoms with Crippen LogP contribution in [0.1, 0.15) is 35.4 Å². The average molecular weight is 544 g/mol. The molecule has 0 saturated carbocycles. The molecule has 38 heavy (non-hydrogen) atoms. The maximum absolute atomic E-state index is 13.6.